The molecule has 0 heterocycles. The van der Waals surface area contributed by atoms with Crippen LogP contribution in [-0.2, 0) is 34.0 Å². The third-order valence-corrected chi connectivity index (χ3v) is 25.3. The van der Waals surface area contributed by atoms with Crippen LogP contribution in [0.4, 0.5) is 0 Å². The van der Waals surface area contributed by atoms with Gasteiger partial charge in [0.1, 0.15) is 0 Å². The molecular weight excluding hydrogens is 647 g/mol. The van der Waals surface area contributed by atoms with Crippen LogP contribution in [0.3, 0.4) is 0 Å². The monoisotopic (exact) mass is 704 g/mol. The molecule has 0 saturated heterocycles. The molecule has 0 saturated carbocycles. The van der Waals surface area contributed by atoms with Crippen LogP contribution in [0.2, 0.25) is 17.7 Å². The summed E-state index contributed by atoms with van der Waals surface area (Å²) >= 11 is -2.49. The summed E-state index contributed by atoms with van der Waals surface area (Å²) < 4.78 is 26.4. The van der Waals surface area contributed by atoms with E-state index in [-0.39, 0.29) is 18.3 Å². The Kier molecular flexibility index (Phi) is 15.5. The fourth-order valence-electron chi connectivity index (χ4n) is 6.78. The van der Waals surface area contributed by atoms with Crippen LogP contribution in [0, 0.1) is 5.92 Å². The predicted octanol–water partition coefficient (Wildman–Crippen LogP) is 10.8. The van der Waals surface area contributed by atoms with Crippen molar-refractivity contribution in [2.24, 2.45) is 5.92 Å². The number of ether oxygens (including phenoxy) is 3. The summed E-state index contributed by atoms with van der Waals surface area (Å²) in [6, 6.07) is 31.7. The molecule has 4 atom stereocenters. The molecule has 0 N–H and O–H groups in total. The first-order valence-electron chi connectivity index (χ1n) is 17.3. The SMILES string of the molecule is CCC[CH2][Sn]([CH2]CCC)([CH2]CCC)[CH2][C@@H]1C=C[C@@H](OCc2ccccc2)[C@H](OCc2ccccc2)[C@H]1OCc1ccccc1. The average Bonchev–Trinajstić information content (AvgIpc) is 3.08. The molecule has 0 fully saturated rings. The van der Waals surface area contributed by atoms with E-state index in [0.29, 0.717) is 25.7 Å². The van der Waals surface area contributed by atoms with Crippen molar-refractivity contribution in [3.8, 4) is 0 Å². The number of hydrogen-bond donors (Lipinski definition) is 0. The fourth-order valence-corrected chi connectivity index (χ4v) is 24.0. The molecule has 44 heavy (non-hydrogen) atoms. The predicted molar refractivity (Wildman–Crippen MR) is 187 cm³/mol. The van der Waals surface area contributed by atoms with Crippen LogP contribution in [0.1, 0.15) is 76.0 Å². The fraction of sp³-hybridized carbons (Fsp3) is 0.500. The molecule has 1 aliphatic rings. The Morgan fingerprint density at radius 3 is 1.34 bits per heavy atom. The second-order valence-electron chi connectivity index (χ2n) is 12.8. The van der Waals surface area contributed by atoms with E-state index >= 15 is 0 Å². The van der Waals surface area contributed by atoms with Gasteiger partial charge in [-0.05, 0) is 0 Å². The maximum atomic E-state index is 7.00. The summed E-state index contributed by atoms with van der Waals surface area (Å²) in [6.07, 6.45) is 12.4. The van der Waals surface area contributed by atoms with Crippen LogP contribution < -0.4 is 0 Å². The molecule has 4 rings (SSSR count). The summed E-state index contributed by atoms with van der Waals surface area (Å²) in [5.74, 6) is 0.359. The molecule has 0 unspecified atom stereocenters. The third kappa shape index (κ3) is 11.2. The molecule has 4 heteroatoms. The van der Waals surface area contributed by atoms with E-state index in [4.69, 9.17) is 14.2 Å². The van der Waals surface area contributed by atoms with E-state index in [1.54, 1.807) is 0 Å². The Morgan fingerprint density at radius 1 is 0.500 bits per heavy atom. The van der Waals surface area contributed by atoms with E-state index in [1.807, 2.05) is 0 Å². The molecule has 3 nitrogen and oxygen atoms in total. The summed E-state index contributed by atoms with van der Waals surface area (Å²) in [6.45, 7) is 8.80. The van der Waals surface area contributed by atoms with E-state index in [0.717, 1.165) is 0 Å². The van der Waals surface area contributed by atoms with Gasteiger partial charge in [0.05, 0.1) is 0 Å². The zero-order chi connectivity index (χ0) is 30.9. The molecular formula is C40H56O3Sn. The summed E-state index contributed by atoms with van der Waals surface area (Å²) in [7, 11) is 0. The number of benzene rings is 3. The number of hydrogen-bond acceptors (Lipinski definition) is 3. The molecule has 0 bridgehead atoms. The minimum atomic E-state index is -2.49. The van der Waals surface area contributed by atoms with Gasteiger partial charge in [0.15, 0.2) is 0 Å². The normalized spacial score (nSPS) is 20.2. The van der Waals surface area contributed by atoms with Gasteiger partial charge in [0, 0.05) is 0 Å². The number of rotatable bonds is 20. The van der Waals surface area contributed by atoms with Crippen molar-refractivity contribution in [3.63, 3.8) is 0 Å². The second-order valence-corrected chi connectivity index (χ2v) is 26.9. The Morgan fingerprint density at radius 2 is 0.909 bits per heavy atom. The van der Waals surface area contributed by atoms with Crippen molar-refractivity contribution in [1.82, 2.24) is 0 Å². The Balaban J connectivity index is 1.65. The Labute approximate surface area is 272 Å². The zero-order valence-electron chi connectivity index (χ0n) is 27.5. The zero-order valence-corrected chi connectivity index (χ0v) is 30.4. The molecule has 0 radical (unpaired) electrons. The first-order chi connectivity index (χ1) is 21.7. The second kappa shape index (κ2) is 19.6. The van der Waals surface area contributed by atoms with E-state index in [2.05, 4.69) is 124 Å². The van der Waals surface area contributed by atoms with Crippen LogP contribution in [0.5, 0.6) is 0 Å². The molecule has 3 aromatic carbocycles. The molecule has 238 valence electrons. The van der Waals surface area contributed by atoms with Crippen molar-refractivity contribution in [2.75, 3.05) is 0 Å². The van der Waals surface area contributed by atoms with Crippen LogP contribution in [-0.4, -0.2) is 36.7 Å². The standard InChI is InChI=1S/C28H29O3.3C4H9.Sn/c1-22-17-18-26(29-19-23-11-5-2-6-12-23)28(31-21-25-15-9-4-10-16-25)27(22)30-20-24-13-7-3-8-14-24;3*1-3-4-2;/h2-18,22,26-28H,1,19-21H2;3*1,3-4H2,2H3;/t22-,26-,27+,28+;;;;/m1..../s1. The van der Waals surface area contributed by atoms with Gasteiger partial charge < -0.3 is 0 Å². The van der Waals surface area contributed by atoms with Crippen LogP contribution in [0.25, 0.3) is 0 Å². The average molecular weight is 704 g/mol. The van der Waals surface area contributed by atoms with Gasteiger partial charge in [-0.15, -0.1) is 0 Å². The molecule has 1 aliphatic carbocycles. The van der Waals surface area contributed by atoms with Gasteiger partial charge >= 0.3 is 274 Å². The molecule has 0 spiro atoms. The third-order valence-electron chi connectivity index (χ3n) is 9.32. The summed E-state index contributed by atoms with van der Waals surface area (Å²) in [4.78, 5) is 0. The van der Waals surface area contributed by atoms with E-state index in [9.17, 15) is 0 Å². The van der Waals surface area contributed by atoms with Crippen molar-refractivity contribution in [3.05, 3.63) is 120 Å². The first-order valence-corrected chi connectivity index (χ1v) is 25.4. The van der Waals surface area contributed by atoms with Gasteiger partial charge in [0.25, 0.3) is 0 Å². The maximum absolute atomic E-state index is 7.00. The minimum absolute atomic E-state index is 0.0503. The van der Waals surface area contributed by atoms with Crippen molar-refractivity contribution >= 4 is 18.4 Å². The topological polar surface area (TPSA) is 27.7 Å². The molecule has 3 aromatic rings. The van der Waals surface area contributed by atoms with Gasteiger partial charge in [-0.25, -0.2) is 0 Å². The van der Waals surface area contributed by atoms with Crippen molar-refractivity contribution < 1.29 is 14.2 Å². The quantitative estimate of drug-likeness (QED) is 0.0866. The molecule has 0 amide bonds. The Bertz CT molecular complexity index is 1160. The summed E-state index contributed by atoms with van der Waals surface area (Å²) in [5, 5.41) is 0. The van der Waals surface area contributed by atoms with Crippen LogP contribution in [0.15, 0.2) is 103 Å². The van der Waals surface area contributed by atoms with Gasteiger partial charge in [-0.1, -0.05) is 0 Å². The van der Waals surface area contributed by atoms with E-state index in [1.165, 1.54) is 73.0 Å². The molecule has 0 aromatic heterocycles. The van der Waals surface area contributed by atoms with Gasteiger partial charge in [-0.2, -0.15) is 0 Å². The molecule has 0 aliphatic heterocycles. The Hall–Kier alpha value is -1.92. The van der Waals surface area contributed by atoms with Gasteiger partial charge in [0.2, 0.25) is 0 Å². The van der Waals surface area contributed by atoms with E-state index < -0.39 is 18.4 Å². The van der Waals surface area contributed by atoms with Crippen molar-refractivity contribution in [2.45, 2.75) is 115 Å². The van der Waals surface area contributed by atoms with Gasteiger partial charge in [-0.3, -0.25) is 0 Å². The first kappa shape index (κ1) is 34.9. The summed E-state index contributed by atoms with van der Waals surface area (Å²) in [5.41, 5.74) is 3.58. The van der Waals surface area contributed by atoms with Crippen molar-refractivity contribution in [1.29, 1.82) is 0 Å². The number of unbranched alkanes of at least 4 members (excludes halogenated alkanes) is 3. The van der Waals surface area contributed by atoms with Crippen LogP contribution >= 0.6 is 0 Å².